The van der Waals surface area contributed by atoms with Gasteiger partial charge in [0.25, 0.3) is 0 Å². The average molecular weight is 330 g/mol. The molecule has 1 saturated carbocycles. The molecule has 2 aromatic rings. The molecular formula is C18H20ClN3O. The number of halogens is 1. The van der Waals surface area contributed by atoms with Crippen LogP contribution < -0.4 is 10.6 Å². The summed E-state index contributed by atoms with van der Waals surface area (Å²) in [7, 11) is 0. The van der Waals surface area contributed by atoms with Crippen LogP contribution in [0.3, 0.4) is 0 Å². The van der Waals surface area contributed by atoms with Gasteiger partial charge in [-0.3, -0.25) is 4.90 Å². The molecule has 0 atom stereocenters. The summed E-state index contributed by atoms with van der Waals surface area (Å²) < 4.78 is 0. The van der Waals surface area contributed by atoms with Crippen molar-refractivity contribution in [3.8, 4) is 0 Å². The Morgan fingerprint density at radius 2 is 1.78 bits per heavy atom. The summed E-state index contributed by atoms with van der Waals surface area (Å²) in [4.78, 5) is 18.4. The zero-order valence-corrected chi connectivity index (χ0v) is 13.7. The van der Waals surface area contributed by atoms with Crippen LogP contribution >= 0.6 is 11.6 Å². The lowest BCUT2D eigenvalue weighted by Crippen LogP contribution is -2.53. The monoisotopic (exact) mass is 329 g/mol. The number of rotatable bonds is 3. The summed E-state index contributed by atoms with van der Waals surface area (Å²) in [6, 6.07) is 12.8. The van der Waals surface area contributed by atoms with Crippen molar-refractivity contribution >= 4 is 23.4 Å². The largest absolute Gasteiger partial charge is 0.351 e. The fourth-order valence-electron chi connectivity index (χ4n) is 3.57. The molecule has 5 heteroatoms. The lowest BCUT2D eigenvalue weighted by molar-refractivity contribution is 0.230. The maximum absolute atomic E-state index is 12.3. The lowest BCUT2D eigenvalue weighted by atomic mass is 9.75. The minimum atomic E-state index is -0.472. The molecule has 0 bridgehead atoms. The Kier molecular flexibility index (Phi) is 4.53. The van der Waals surface area contributed by atoms with E-state index in [1.165, 1.54) is 6.42 Å². The highest BCUT2D eigenvalue weighted by atomic mass is 35.5. The van der Waals surface area contributed by atoms with Gasteiger partial charge in [0.1, 0.15) is 5.82 Å². The topological polar surface area (TPSA) is 59.2 Å². The first-order chi connectivity index (χ1) is 11.1. The Hall–Kier alpha value is -2.07. The number of urea groups is 1. The van der Waals surface area contributed by atoms with Gasteiger partial charge in [-0.25, -0.2) is 9.78 Å². The molecule has 2 amide bonds. The second kappa shape index (κ2) is 6.59. The minimum Gasteiger partial charge on any atom is -0.351 e. The highest BCUT2D eigenvalue weighted by molar-refractivity contribution is 6.30. The number of benzene rings is 1. The van der Waals surface area contributed by atoms with Crippen molar-refractivity contribution in [1.29, 1.82) is 0 Å². The van der Waals surface area contributed by atoms with Crippen LogP contribution in [0, 0.1) is 0 Å². The molecule has 1 aromatic heterocycles. The molecular weight excluding hydrogens is 310 g/mol. The number of amides is 2. The van der Waals surface area contributed by atoms with Crippen LogP contribution in [0.2, 0.25) is 5.02 Å². The molecule has 1 fully saturated rings. The summed E-state index contributed by atoms with van der Waals surface area (Å²) in [6.45, 7) is 0. The van der Waals surface area contributed by atoms with Crippen molar-refractivity contribution in [3.05, 3.63) is 59.2 Å². The van der Waals surface area contributed by atoms with Gasteiger partial charge in [-0.1, -0.05) is 49.1 Å². The second-order valence-electron chi connectivity index (χ2n) is 5.96. The molecule has 0 spiro atoms. The number of anilines is 1. The maximum atomic E-state index is 12.3. The van der Waals surface area contributed by atoms with Crippen molar-refractivity contribution in [3.63, 3.8) is 0 Å². The van der Waals surface area contributed by atoms with Crippen LogP contribution in [0.4, 0.5) is 10.6 Å². The molecule has 3 rings (SSSR count). The first kappa shape index (κ1) is 15.8. The van der Waals surface area contributed by atoms with Crippen molar-refractivity contribution in [1.82, 2.24) is 4.98 Å². The smallest absolute Gasteiger partial charge is 0.321 e. The SMILES string of the molecule is NC(=O)N(c1ccccn1)C1(c2ccc(Cl)cc2)CCCCC1. The Morgan fingerprint density at radius 1 is 1.09 bits per heavy atom. The van der Waals surface area contributed by atoms with Gasteiger partial charge in [-0.05, 0) is 42.7 Å². The van der Waals surface area contributed by atoms with Crippen LogP contribution in [0.1, 0.15) is 37.7 Å². The molecule has 0 saturated heterocycles. The summed E-state index contributed by atoms with van der Waals surface area (Å²) in [6.07, 6.45) is 6.70. The van der Waals surface area contributed by atoms with E-state index in [4.69, 9.17) is 17.3 Å². The van der Waals surface area contributed by atoms with Gasteiger partial charge >= 0.3 is 6.03 Å². The van der Waals surface area contributed by atoms with E-state index in [1.807, 2.05) is 42.5 Å². The fourth-order valence-corrected chi connectivity index (χ4v) is 3.69. The average Bonchev–Trinajstić information content (AvgIpc) is 2.57. The number of primary amides is 1. The van der Waals surface area contributed by atoms with E-state index < -0.39 is 11.6 Å². The van der Waals surface area contributed by atoms with E-state index in [-0.39, 0.29) is 0 Å². The van der Waals surface area contributed by atoms with Crippen LogP contribution in [0.5, 0.6) is 0 Å². The second-order valence-corrected chi connectivity index (χ2v) is 6.40. The standard InChI is InChI=1S/C18H20ClN3O/c19-15-9-7-14(8-10-15)18(11-3-1-4-12-18)22(17(20)23)16-6-2-5-13-21-16/h2,5-10,13H,1,3-4,11-12H2,(H2,20,23). The van der Waals surface area contributed by atoms with Gasteiger partial charge in [0.15, 0.2) is 0 Å². The van der Waals surface area contributed by atoms with Gasteiger partial charge in [-0.2, -0.15) is 0 Å². The quantitative estimate of drug-likeness (QED) is 0.902. The van der Waals surface area contributed by atoms with Crippen LogP contribution in [-0.4, -0.2) is 11.0 Å². The van der Waals surface area contributed by atoms with E-state index in [1.54, 1.807) is 11.1 Å². The molecule has 1 heterocycles. The molecule has 23 heavy (non-hydrogen) atoms. The molecule has 1 aliphatic carbocycles. The van der Waals surface area contributed by atoms with Gasteiger partial charge in [0, 0.05) is 11.2 Å². The highest BCUT2D eigenvalue weighted by Crippen LogP contribution is 2.44. The Bertz CT molecular complexity index is 666. The maximum Gasteiger partial charge on any atom is 0.321 e. The van der Waals surface area contributed by atoms with Crippen LogP contribution in [0.15, 0.2) is 48.7 Å². The first-order valence-corrected chi connectivity index (χ1v) is 8.28. The Labute approximate surface area is 141 Å². The number of carbonyl (C=O) groups excluding carboxylic acids is 1. The van der Waals surface area contributed by atoms with Crippen molar-refractivity contribution in [2.45, 2.75) is 37.6 Å². The van der Waals surface area contributed by atoms with Crippen molar-refractivity contribution < 1.29 is 4.79 Å². The van der Waals surface area contributed by atoms with Crippen molar-refractivity contribution in [2.75, 3.05) is 4.90 Å². The highest BCUT2D eigenvalue weighted by Gasteiger charge is 2.43. The number of hydrogen-bond acceptors (Lipinski definition) is 2. The number of carbonyl (C=O) groups is 1. The van der Waals surface area contributed by atoms with Gasteiger partial charge < -0.3 is 5.73 Å². The molecule has 4 nitrogen and oxygen atoms in total. The number of pyridine rings is 1. The van der Waals surface area contributed by atoms with Crippen LogP contribution in [0.25, 0.3) is 0 Å². The summed E-state index contributed by atoms with van der Waals surface area (Å²) >= 11 is 6.04. The lowest BCUT2D eigenvalue weighted by Gasteiger charge is -2.45. The predicted octanol–water partition coefficient (Wildman–Crippen LogP) is 4.48. The molecule has 0 aliphatic heterocycles. The molecule has 0 unspecified atom stereocenters. The zero-order chi connectivity index (χ0) is 16.3. The minimum absolute atomic E-state index is 0.455. The predicted molar refractivity (Wildman–Crippen MR) is 92.5 cm³/mol. The van der Waals surface area contributed by atoms with E-state index in [0.717, 1.165) is 31.2 Å². The number of hydrogen-bond donors (Lipinski definition) is 1. The Balaban J connectivity index is 2.13. The molecule has 2 N–H and O–H groups in total. The molecule has 120 valence electrons. The summed E-state index contributed by atoms with van der Waals surface area (Å²) in [5.41, 5.74) is 6.38. The summed E-state index contributed by atoms with van der Waals surface area (Å²) in [5, 5.41) is 0.683. The third-order valence-corrected chi connectivity index (χ3v) is 4.84. The van der Waals surface area contributed by atoms with Gasteiger partial charge in [-0.15, -0.1) is 0 Å². The number of nitrogens with two attached hydrogens (primary N) is 1. The van der Waals surface area contributed by atoms with E-state index in [9.17, 15) is 4.79 Å². The third-order valence-electron chi connectivity index (χ3n) is 4.59. The van der Waals surface area contributed by atoms with Crippen LogP contribution in [-0.2, 0) is 5.54 Å². The Morgan fingerprint density at radius 3 is 2.35 bits per heavy atom. The molecule has 1 aromatic carbocycles. The van der Waals surface area contributed by atoms with Gasteiger partial charge in [0.2, 0.25) is 0 Å². The van der Waals surface area contributed by atoms with E-state index in [0.29, 0.717) is 10.8 Å². The van der Waals surface area contributed by atoms with E-state index in [2.05, 4.69) is 4.98 Å². The normalized spacial score (nSPS) is 16.7. The van der Waals surface area contributed by atoms with Gasteiger partial charge in [0.05, 0.1) is 5.54 Å². The first-order valence-electron chi connectivity index (χ1n) is 7.90. The van der Waals surface area contributed by atoms with Crippen molar-refractivity contribution in [2.24, 2.45) is 5.73 Å². The zero-order valence-electron chi connectivity index (χ0n) is 12.9. The molecule has 1 aliphatic rings. The third kappa shape index (κ3) is 3.04. The van der Waals surface area contributed by atoms with E-state index >= 15 is 0 Å². The molecule has 0 radical (unpaired) electrons. The summed E-state index contributed by atoms with van der Waals surface area (Å²) in [5.74, 6) is 0.594. The number of nitrogens with zero attached hydrogens (tertiary/aromatic N) is 2. The number of aromatic nitrogens is 1. The fraction of sp³-hybridized carbons (Fsp3) is 0.333.